The van der Waals surface area contributed by atoms with Gasteiger partial charge in [-0.15, -0.1) is 0 Å². The number of halogens is 2. The molecule has 0 spiro atoms. The molecule has 0 N–H and O–H groups in total. The molecule has 0 atom stereocenters. The van der Waals surface area contributed by atoms with Gasteiger partial charge in [-0.05, 0) is 32.2 Å². The van der Waals surface area contributed by atoms with Gasteiger partial charge in [-0.3, -0.25) is 4.90 Å². The van der Waals surface area contributed by atoms with Crippen molar-refractivity contribution in [3.05, 3.63) is 77.5 Å². The molecule has 4 aromatic rings. The van der Waals surface area contributed by atoms with Gasteiger partial charge in [-0.25, -0.2) is 13.8 Å². The Hall–Kier alpha value is -3.39. The van der Waals surface area contributed by atoms with E-state index >= 15 is 0 Å². The van der Waals surface area contributed by atoms with E-state index in [4.69, 9.17) is 8.94 Å². The zero-order valence-electron chi connectivity index (χ0n) is 15.9. The maximum Gasteiger partial charge on any atom is 0.241 e. The van der Waals surface area contributed by atoms with E-state index in [0.29, 0.717) is 36.3 Å². The minimum atomic E-state index is -0.591. The minimum Gasteiger partial charge on any atom is -0.441 e. The van der Waals surface area contributed by atoms with Crippen molar-refractivity contribution in [1.29, 1.82) is 0 Å². The van der Waals surface area contributed by atoms with Gasteiger partial charge in [0.1, 0.15) is 17.4 Å². The van der Waals surface area contributed by atoms with Crippen LogP contribution >= 0.6 is 0 Å². The molecule has 2 aromatic heterocycles. The summed E-state index contributed by atoms with van der Waals surface area (Å²) in [5.41, 5.74) is 1.49. The third-order valence-corrected chi connectivity index (χ3v) is 4.38. The Balaban J connectivity index is 1.47. The maximum atomic E-state index is 14.0. The van der Waals surface area contributed by atoms with E-state index in [0.717, 1.165) is 23.8 Å². The average molecular weight is 396 g/mol. The van der Waals surface area contributed by atoms with Crippen LogP contribution in [0.2, 0.25) is 0 Å². The van der Waals surface area contributed by atoms with Gasteiger partial charge in [0.15, 0.2) is 0 Å². The summed E-state index contributed by atoms with van der Waals surface area (Å²) >= 11 is 0. The second-order valence-electron chi connectivity index (χ2n) is 6.70. The van der Waals surface area contributed by atoms with Gasteiger partial charge in [-0.2, -0.15) is 4.98 Å². The first-order valence-electron chi connectivity index (χ1n) is 8.98. The fraction of sp³-hybridized carbons (Fsp3) is 0.190. The van der Waals surface area contributed by atoms with Crippen LogP contribution < -0.4 is 0 Å². The summed E-state index contributed by atoms with van der Waals surface area (Å²) < 4.78 is 38.3. The van der Waals surface area contributed by atoms with Gasteiger partial charge in [-0.1, -0.05) is 35.5 Å². The zero-order valence-corrected chi connectivity index (χ0v) is 15.9. The van der Waals surface area contributed by atoms with Crippen LogP contribution in [0.3, 0.4) is 0 Å². The van der Waals surface area contributed by atoms with E-state index in [9.17, 15) is 8.78 Å². The highest BCUT2D eigenvalue weighted by atomic mass is 19.1. The number of nitrogens with zero attached hydrogens (tertiary/aromatic N) is 4. The Morgan fingerprint density at radius 3 is 2.59 bits per heavy atom. The number of rotatable bonds is 6. The molecule has 4 rings (SSSR count). The molecule has 0 saturated heterocycles. The van der Waals surface area contributed by atoms with E-state index in [-0.39, 0.29) is 11.5 Å². The average Bonchev–Trinajstić information content (AvgIpc) is 3.31. The molecule has 0 bridgehead atoms. The van der Waals surface area contributed by atoms with E-state index in [2.05, 4.69) is 15.1 Å². The van der Waals surface area contributed by atoms with Gasteiger partial charge in [0.2, 0.25) is 17.6 Å². The monoisotopic (exact) mass is 396 g/mol. The van der Waals surface area contributed by atoms with E-state index in [1.807, 2.05) is 42.3 Å². The predicted molar refractivity (Wildman–Crippen MR) is 101 cm³/mol. The summed E-state index contributed by atoms with van der Waals surface area (Å²) in [5, 5.41) is 4.00. The summed E-state index contributed by atoms with van der Waals surface area (Å²) in [4.78, 5) is 10.7. The van der Waals surface area contributed by atoms with Crippen molar-refractivity contribution >= 4 is 0 Å². The second-order valence-corrected chi connectivity index (χ2v) is 6.70. The summed E-state index contributed by atoms with van der Waals surface area (Å²) in [7, 11) is 1.86. The number of hydrogen-bond acceptors (Lipinski definition) is 6. The van der Waals surface area contributed by atoms with Crippen LogP contribution in [0, 0.1) is 18.6 Å². The van der Waals surface area contributed by atoms with Crippen LogP contribution in [0.25, 0.3) is 22.8 Å². The molecule has 0 aliphatic carbocycles. The summed E-state index contributed by atoms with van der Waals surface area (Å²) in [6.07, 6.45) is 0. The van der Waals surface area contributed by atoms with Crippen molar-refractivity contribution in [2.24, 2.45) is 0 Å². The predicted octanol–water partition coefficient (Wildman–Crippen LogP) is 4.61. The number of oxazole rings is 1. The van der Waals surface area contributed by atoms with E-state index in [1.54, 1.807) is 6.92 Å². The molecule has 0 fully saturated rings. The lowest BCUT2D eigenvalue weighted by Gasteiger charge is -2.12. The molecule has 0 aliphatic rings. The highest BCUT2D eigenvalue weighted by Crippen LogP contribution is 2.26. The Kier molecular flexibility index (Phi) is 5.18. The maximum absolute atomic E-state index is 14.0. The SMILES string of the molecule is Cc1oc(-c2cc(F)ccc2F)nc1CN(C)Cc1nc(-c2ccccc2)no1. The highest BCUT2D eigenvalue weighted by molar-refractivity contribution is 5.55. The fourth-order valence-corrected chi connectivity index (χ4v) is 2.92. The fourth-order valence-electron chi connectivity index (χ4n) is 2.92. The smallest absolute Gasteiger partial charge is 0.241 e. The summed E-state index contributed by atoms with van der Waals surface area (Å²) in [6.45, 7) is 2.54. The van der Waals surface area contributed by atoms with Crippen molar-refractivity contribution in [3.8, 4) is 22.8 Å². The van der Waals surface area contributed by atoms with Crippen LogP contribution in [-0.4, -0.2) is 27.1 Å². The van der Waals surface area contributed by atoms with E-state index in [1.165, 1.54) is 0 Å². The van der Waals surface area contributed by atoms with Gasteiger partial charge in [0.25, 0.3) is 0 Å². The Bertz CT molecular complexity index is 1120. The first-order chi connectivity index (χ1) is 14.0. The molecule has 0 saturated carbocycles. The Morgan fingerprint density at radius 2 is 1.79 bits per heavy atom. The van der Waals surface area contributed by atoms with Crippen LogP contribution in [0.1, 0.15) is 17.3 Å². The first-order valence-corrected chi connectivity index (χ1v) is 8.98. The minimum absolute atomic E-state index is 0.00796. The standard InChI is InChI=1S/C21H18F2N4O2/c1-13-18(24-21(28-13)16-10-15(22)8-9-17(16)23)11-27(2)12-19-25-20(26-29-19)14-6-4-3-5-7-14/h3-10H,11-12H2,1-2H3. The largest absolute Gasteiger partial charge is 0.441 e. The van der Waals surface area contributed by atoms with Crippen molar-refractivity contribution in [2.75, 3.05) is 7.05 Å². The van der Waals surface area contributed by atoms with Crippen molar-refractivity contribution in [1.82, 2.24) is 20.0 Å². The number of benzene rings is 2. The second kappa shape index (κ2) is 7.92. The topological polar surface area (TPSA) is 68.2 Å². The van der Waals surface area contributed by atoms with Crippen LogP contribution in [0.15, 0.2) is 57.5 Å². The Morgan fingerprint density at radius 1 is 1.00 bits per heavy atom. The molecule has 29 heavy (non-hydrogen) atoms. The lowest BCUT2D eigenvalue weighted by molar-refractivity contribution is 0.258. The van der Waals surface area contributed by atoms with Crippen molar-refractivity contribution in [3.63, 3.8) is 0 Å². The first kappa shape index (κ1) is 18.9. The van der Waals surface area contributed by atoms with E-state index < -0.39 is 11.6 Å². The normalized spacial score (nSPS) is 11.3. The molecule has 2 aromatic carbocycles. The molecule has 6 nitrogen and oxygen atoms in total. The zero-order chi connectivity index (χ0) is 20.4. The summed E-state index contributed by atoms with van der Waals surface area (Å²) in [6, 6.07) is 12.7. The molecule has 8 heteroatoms. The molecule has 0 amide bonds. The molecular weight excluding hydrogens is 378 g/mol. The van der Waals surface area contributed by atoms with Crippen LogP contribution in [0.4, 0.5) is 8.78 Å². The van der Waals surface area contributed by atoms with Gasteiger partial charge in [0.05, 0.1) is 17.8 Å². The summed E-state index contributed by atoms with van der Waals surface area (Å²) in [5.74, 6) is 0.422. The molecule has 0 aliphatic heterocycles. The van der Waals surface area contributed by atoms with Crippen molar-refractivity contribution < 1.29 is 17.7 Å². The van der Waals surface area contributed by atoms with Crippen LogP contribution in [-0.2, 0) is 13.1 Å². The number of aryl methyl sites for hydroxylation is 1. The lowest BCUT2D eigenvalue weighted by atomic mass is 10.2. The van der Waals surface area contributed by atoms with Gasteiger partial charge >= 0.3 is 0 Å². The Labute approximate surface area is 165 Å². The molecule has 0 unspecified atom stereocenters. The molecular formula is C21H18F2N4O2. The van der Waals surface area contributed by atoms with Crippen molar-refractivity contribution in [2.45, 2.75) is 20.0 Å². The third kappa shape index (κ3) is 4.22. The number of hydrogen-bond donors (Lipinski definition) is 0. The number of aromatic nitrogens is 3. The molecule has 0 radical (unpaired) electrons. The third-order valence-electron chi connectivity index (χ3n) is 4.38. The van der Waals surface area contributed by atoms with Gasteiger partial charge in [0, 0.05) is 12.1 Å². The van der Waals surface area contributed by atoms with Crippen LogP contribution in [0.5, 0.6) is 0 Å². The highest BCUT2D eigenvalue weighted by Gasteiger charge is 2.18. The van der Waals surface area contributed by atoms with Gasteiger partial charge < -0.3 is 8.94 Å². The molecule has 2 heterocycles. The quantitative estimate of drug-likeness (QED) is 0.474. The lowest BCUT2D eigenvalue weighted by Crippen LogP contribution is -2.18. The molecule has 148 valence electrons.